The van der Waals surface area contributed by atoms with E-state index >= 15 is 4.39 Å². The summed E-state index contributed by atoms with van der Waals surface area (Å²) < 4.78 is 21.7. The van der Waals surface area contributed by atoms with Gasteiger partial charge in [0, 0.05) is 42.2 Å². The minimum Gasteiger partial charge on any atom is -0.458 e. The lowest BCUT2D eigenvalue weighted by molar-refractivity contribution is -0.157. The van der Waals surface area contributed by atoms with Crippen molar-refractivity contribution in [2.45, 2.75) is 39.1 Å². The quantitative estimate of drug-likeness (QED) is 0.427. The summed E-state index contributed by atoms with van der Waals surface area (Å²) in [7, 11) is 2.05. The van der Waals surface area contributed by atoms with Crippen LogP contribution in [-0.4, -0.2) is 45.7 Å². The molecule has 3 aromatic rings. The highest BCUT2D eigenvalue weighted by Gasteiger charge is 2.35. The van der Waals surface area contributed by atoms with Gasteiger partial charge in [-0.3, -0.25) is 4.79 Å². The lowest BCUT2D eigenvalue weighted by Gasteiger charge is -2.25. The lowest BCUT2D eigenvalue weighted by Crippen LogP contribution is -2.32. The minimum absolute atomic E-state index is 0.184. The Labute approximate surface area is 200 Å². The van der Waals surface area contributed by atoms with Gasteiger partial charge in [-0.25, -0.2) is 14.2 Å². The van der Waals surface area contributed by atoms with Crippen LogP contribution in [0.1, 0.15) is 45.9 Å². The van der Waals surface area contributed by atoms with Crippen LogP contribution in [0.5, 0.6) is 0 Å². The Kier molecular flexibility index (Phi) is 4.93. The number of carbonyl (C=O) groups is 1. The van der Waals surface area contributed by atoms with Gasteiger partial charge in [0.1, 0.15) is 12.4 Å². The second-order valence-electron chi connectivity index (χ2n) is 9.48. The van der Waals surface area contributed by atoms with Crippen LogP contribution >= 0.6 is 0 Å². The van der Waals surface area contributed by atoms with Crippen LogP contribution in [0, 0.1) is 12.7 Å². The third-order valence-corrected chi connectivity index (χ3v) is 7.49. The Morgan fingerprint density at radius 2 is 2.09 bits per heavy atom. The number of esters is 1. The second-order valence-corrected chi connectivity index (χ2v) is 9.48. The van der Waals surface area contributed by atoms with Crippen molar-refractivity contribution in [1.29, 1.82) is 0 Å². The molecule has 0 radical (unpaired) electrons. The summed E-state index contributed by atoms with van der Waals surface area (Å²) in [6.45, 7) is 3.69. The number of fused-ring (bicyclic) bond motifs is 5. The minimum atomic E-state index is -1.53. The number of hydrogen-bond acceptors (Lipinski definition) is 7. The Morgan fingerprint density at radius 3 is 2.80 bits per heavy atom. The fourth-order valence-electron chi connectivity index (χ4n) is 5.58. The SMILES string of the molecule is Cc1c(F)cc2nc3c(c(CN)c2c1C1=CCN(C)CC1)Cn1c-3cc2c(c1=O)COC(=O)[C@H]2O. The first kappa shape index (κ1) is 22.1. The number of aliphatic hydroxyl groups is 1. The molecule has 6 rings (SSSR count). The van der Waals surface area contributed by atoms with Crippen LogP contribution in [0.3, 0.4) is 0 Å². The molecule has 0 fully saturated rings. The molecule has 2 aromatic heterocycles. The van der Waals surface area contributed by atoms with Crippen molar-refractivity contribution in [1.82, 2.24) is 14.5 Å². The molecule has 0 amide bonds. The maximum Gasteiger partial charge on any atom is 0.340 e. The van der Waals surface area contributed by atoms with Gasteiger partial charge >= 0.3 is 5.97 Å². The number of carbonyl (C=O) groups excluding carboxylic acids is 1. The molecule has 3 aliphatic rings. The number of nitrogens with two attached hydrogens (primary N) is 1. The molecule has 1 atom stereocenters. The van der Waals surface area contributed by atoms with E-state index in [4.69, 9.17) is 15.5 Å². The zero-order valence-electron chi connectivity index (χ0n) is 19.5. The standard InChI is InChI=1S/C26H25FN4O4/c1-12-18(27)8-19-22(21(12)13-3-5-30(2)6-4-13)15(9-28)16-10-31-20(23(16)29-19)7-14-17(25(31)33)11-35-26(34)24(14)32/h3,7-8,24,32H,4-6,9-11,28H2,1-2H3/t24-/m0/s1. The average Bonchev–Trinajstić information content (AvgIpc) is 3.21. The summed E-state index contributed by atoms with van der Waals surface area (Å²) in [6, 6.07) is 3.05. The van der Waals surface area contributed by atoms with Crippen LogP contribution in [0.25, 0.3) is 27.9 Å². The largest absolute Gasteiger partial charge is 0.458 e. The number of aliphatic hydroxyl groups excluding tert-OH is 1. The van der Waals surface area contributed by atoms with Gasteiger partial charge < -0.3 is 25.0 Å². The third-order valence-electron chi connectivity index (χ3n) is 7.49. The molecule has 0 saturated heterocycles. The van der Waals surface area contributed by atoms with Crippen molar-refractivity contribution in [3.63, 3.8) is 0 Å². The molecule has 0 bridgehead atoms. The molecule has 0 spiro atoms. The zero-order valence-corrected chi connectivity index (χ0v) is 19.5. The number of pyridine rings is 2. The molecule has 8 nitrogen and oxygen atoms in total. The second kappa shape index (κ2) is 7.81. The first-order chi connectivity index (χ1) is 16.8. The van der Waals surface area contributed by atoms with Gasteiger partial charge in [0.05, 0.1) is 29.0 Å². The van der Waals surface area contributed by atoms with E-state index in [-0.39, 0.29) is 42.2 Å². The summed E-state index contributed by atoms with van der Waals surface area (Å²) in [5, 5.41) is 11.2. The molecule has 3 aliphatic heterocycles. The predicted molar refractivity (Wildman–Crippen MR) is 128 cm³/mol. The highest BCUT2D eigenvalue weighted by molar-refractivity contribution is 5.98. The zero-order chi connectivity index (χ0) is 24.6. The number of halogens is 1. The average molecular weight is 477 g/mol. The van der Waals surface area contributed by atoms with E-state index in [0.29, 0.717) is 22.5 Å². The number of cyclic esters (lactones) is 1. The normalized spacial score (nSPS) is 19.3. The molecule has 35 heavy (non-hydrogen) atoms. The Hall–Kier alpha value is -3.40. The van der Waals surface area contributed by atoms with Crippen LogP contribution < -0.4 is 11.3 Å². The van der Waals surface area contributed by atoms with Crippen LogP contribution in [-0.2, 0) is 29.2 Å². The summed E-state index contributed by atoms with van der Waals surface area (Å²) in [5.41, 5.74) is 12.0. The Morgan fingerprint density at radius 1 is 1.29 bits per heavy atom. The fraction of sp³-hybridized carbons (Fsp3) is 0.346. The van der Waals surface area contributed by atoms with Gasteiger partial charge in [-0.1, -0.05) is 6.08 Å². The molecule has 0 saturated carbocycles. The number of ether oxygens (including phenoxy) is 1. The van der Waals surface area contributed by atoms with Crippen molar-refractivity contribution in [3.8, 4) is 11.4 Å². The van der Waals surface area contributed by atoms with Crippen LogP contribution in [0.2, 0.25) is 0 Å². The molecular weight excluding hydrogens is 451 g/mol. The van der Waals surface area contributed by atoms with E-state index in [1.807, 2.05) is 7.05 Å². The van der Waals surface area contributed by atoms with E-state index in [9.17, 15) is 14.7 Å². The predicted octanol–water partition coefficient (Wildman–Crippen LogP) is 2.14. The van der Waals surface area contributed by atoms with Crippen molar-refractivity contribution in [3.05, 3.63) is 67.8 Å². The first-order valence-corrected chi connectivity index (χ1v) is 11.6. The van der Waals surface area contributed by atoms with Gasteiger partial charge in [-0.05, 0) is 48.7 Å². The maximum atomic E-state index is 15.2. The highest BCUT2D eigenvalue weighted by Crippen LogP contribution is 2.41. The summed E-state index contributed by atoms with van der Waals surface area (Å²) >= 11 is 0. The number of aromatic nitrogens is 2. The number of nitrogens with zero attached hydrogens (tertiary/aromatic N) is 3. The molecule has 1 aromatic carbocycles. The van der Waals surface area contributed by atoms with Gasteiger partial charge in [0.25, 0.3) is 5.56 Å². The van der Waals surface area contributed by atoms with E-state index in [0.717, 1.165) is 47.2 Å². The van der Waals surface area contributed by atoms with Gasteiger partial charge in [0.2, 0.25) is 0 Å². The lowest BCUT2D eigenvalue weighted by atomic mass is 9.87. The molecule has 180 valence electrons. The highest BCUT2D eigenvalue weighted by atomic mass is 19.1. The van der Waals surface area contributed by atoms with Crippen LogP contribution in [0.15, 0.2) is 23.0 Å². The number of likely N-dealkylation sites (N-methyl/N-ethyl adjacent to an activating group) is 1. The van der Waals surface area contributed by atoms with Crippen molar-refractivity contribution < 1.29 is 19.0 Å². The number of benzene rings is 1. The van der Waals surface area contributed by atoms with Gasteiger partial charge in [-0.2, -0.15) is 0 Å². The molecule has 9 heteroatoms. The Balaban J connectivity index is 1.64. The van der Waals surface area contributed by atoms with E-state index < -0.39 is 12.1 Å². The van der Waals surface area contributed by atoms with E-state index in [1.54, 1.807) is 17.6 Å². The van der Waals surface area contributed by atoms with Crippen molar-refractivity contribution >= 4 is 22.4 Å². The third kappa shape index (κ3) is 3.12. The molecule has 0 aliphatic carbocycles. The summed E-state index contributed by atoms with van der Waals surface area (Å²) in [6.07, 6.45) is 1.39. The van der Waals surface area contributed by atoms with Gasteiger partial charge in [-0.15, -0.1) is 0 Å². The topological polar surface area (TPSA) is 111 Å². The maximum absolute atomic E-state index is 15.2. The fourth-order valence-corrected chi connectivity index (χ4v) is 5.58. The molecule has 3 N–H and O–H groups in total. The van der Waals surface area contributed by atoms with Crippen molar-refractivity contribution in [2.24, 2.45) is 5.73 Å². The smallest absolute Gasteiger partial charge is 0.340 e. The number of hydrogen-bond donors (Lipinski definition) is 2. The molecule has 5 heterocycles. The summed E-state index contributed by atoms with van der Waals surface area (Å²) in [5.74, 6) is -1.13. The van der Waals surface area contributed by atoms with Crippen molar-refractivity contribution in [2.75, 3.05) is 20.1 Å². The summed E-state index contributed by atoms with van der Waals surface area (Å²) in [4.78, 5) is 32.2. The molecule has 0 unspecified atom stereocenters. The monoisotopic (exact) mass is 476 g/mol. The Bertz CT molecular complexity index is 1540. The number of rotatable bonds is 2. The van der Waals surface area contributed by atoms with Gasteiger partial charge in [0.15, 0.2) is 6.10 Å². The van der Waals surface area contributed by atoms with Crippen LogP contribution in [0.4, 0.5) is 4.39 Å². The van der Waals surface area contributed by atoms with E-state index in [2.05, 4.69) is 11.0 Å². The van der Waals surface area contributed by atoms with E-state index in [1.165, 1.54) is 6.07 Å². The first-order valence-electron chi connectivity index (χ1n) is 11.6. The molecular formula is C26H25FN4O4.